The lowest BCUT2D eigenvalue weighted by Crippen LogP contribution is -2.43. The van der Waals surface area contributed by atoms with Crippen molar-refractivity contribution in [1.82, 2.24) is 5.32 Å². The van der Waals surface area contributed by atoms with Crippen LogP contribution < -0.4 is 9.50 Å². The fourth-order valence-electron chi connectivity index (χ4n) is 5.24. The van der Waals surface area contributed by atoms with Crippen LogP contribution in [0.4, 0.5) is 0 Å². The summed E-state index contributed by atoms with van der Waals surface area (Å²) in [5, 5.41) is 33.7. The topological polar surface area (TPSA) is 185 Å². The molecule has 3 aliphatic rings. The van der Waals surface area contributed by atoms with Crippen LogP contribution in [-0.2, 0) is 26.1 Å². The third-order valence-electron chi connectivity index (χ3n) is 6.71. The Bertz CT molecular complexity index is 1480. The minimum Gasteiger partial charge on any atom is -0.510 e. The molecule has 38 heavy (non-hydrogen) atoms. The Kier molecular flexibility index (Phi) is 8.41. The molecule has 0 radical (unpaired) electrons. The molecule has 0 amide bonds. The maximum atomic E-state index is 13.4. The molecular formula is C27H32N2O8S. The number of Topliss-reactive ketones (excluding diaryl/α,β-unsaturated/α-hetero) is 2. The van der Waals surface area contributed by atoms with Crippen LogP contribution in [-0.4, -0.2) is 49.8 Å². The van der Waals surface area contributed by atoms with Crippen molar-refractivity contribution >= 4 is 27.4 Å². The molecule has 0 aromatic heterocycles. The second-order valence-electron chi connectivity index (χ2n) is 9.14. The first-order valence-corrected chi connectivity index (χ1v) is 13.1. The lowest BCUT2D eigenvalue weighted by molar-refractivity contribution is -0.126. The third-order valence-corrected chi connectivity index (χ3v) is 7.95. The van der Waals surface area contributed by atoms with Crippen molar-refractivity contribution in [2.75, 3.05) is 14.1 Å². The molecule has 2 aromatic rings. The van der Waals surface area contributed by atoms with Crippen molar-refractivity contribution in [2.45, 2.75) is 24.2 Å². The molecule has 0 spiro atoms. The lowest BCUT2D eigenvalue weighted by atomic mass is 9.62. The Morgan fingerprint density at radius 2 is 1.71 bits per heavy atom. The van der Waals surface area contributed by atoms with Crippen LogP contribution in [0.1, 0.15) is 26.8 Å². The van der Waals surface area contributed by atoms with Crippen molar-refractivity contribution < 1.29 is 40.7 Å². The van der Waals surface area contributed by atoms with Gasteiger partial charge in [0.1, 0.15) is 28.1 Å². The van der Waals surface area contributed by atoms with Crippen molar-refractivity contribution in [3.05, 3.63) is 76.6 Å². The van der Waals surface area contributed by atoms with Gasteiger partial charge in [0.2, 0.25) is 0 Å². The van der Waals surface area contributed by atoms with Gasteiger partial charge in [0.15, 0.2) is 17.3 Å². The van der Waals surface area contributed by atoms with Gasteiger partial charge < -0.3 is 25.2 Å². The minimum absolute atomic E-state index is 0. The van der Waals surface area contributed by atoms with E-state index in [-0.39, 0.29) is 36.5 Å². The van der Waals surface area contributed by atoms with Gasteiger partial charge in [-0.1, -0.05) is 30.3 Å². The summed E-state index contributed by atoms with van der Waals surface area (Å²) in [6.07, 6.45) is 0.659. The highest BCUT2D eigenvalue weighted by molar-refractivity contribution is 7.87. The molecule has 1 fully saturated rings. The first-order chi connectivity index (χ1) is 17.6. The van der Waals surface area contributed by atoms with Gasteiger partial charge in [-0.25, -0.2) is 0 Å². The number of nitrogens with zero attached hydrogens (tertiary/aromatic N) is 1. The van der Waals surface area contributed by atoms with E-state index in [1.807, 2.05) is 14.1 Å². The predicted molar refractivity (Wildman–Crippen MR) is 142 cm³/mol. The minimum atomic E-state index is -4.20. The van der Waals surface area contributed by atoms with Crippen LogP contribution in [0.3, 0.4) is 0 Å². The van der Waals surface area contributed by atoms with E-state index in [0.717, 1.165) is 0 Å². The Labute approximate surface area is 223 Å². The van der Waals surface area contributed by atoms with Gasteiger partial charge in [-0.15, -0.1) is 0 Å². The zero-order chi connectivity index (χ0) is 26.9. The van der Waals surface area contributed by atoms with Gasteiger partial charge in [-0.05, 0) is 62.5 Å². The molecule has 11 heteroatoms. The smallest absolute Gasteiger partial charge is 0.339 e. The fraction of sp³-hybridized carbons (Fsp3) is 0.296. The standard InChI is InChI=1S/C25H19NO7S.C2H7N.H2O.2H2/c26-12-17-18(27)11-15-10-14-9-13-5-4-8-19(33-34(31,32)16-6-2-1-3-7-16)20(13)24(29)22(14)25(30)21(15)23(17)28;1-3-2;;;/h1-8,14-15,21,28-29H,9-11H2;3H,1-2H3;1H2;2*1H. The maximum absolute atomic E-state index is 13.4. The molecule has 3 aliphatic carbocycles. The van der Waals surface area contributed by atoms with Crippen molar-refractivity contribution in [2.24, 2.45) is 17.8 Å². The molecule has 204 valence electrons. The number of ketones is 2. The summed E-state index contributed by atoms with van der Waals surface area (Å²) in [7, 11) is -0.447. The van der Waals surface area contributed by atoms with Gasteiger partial charge >= 0.3 is 10.1 Å². The second-order valence-corrected chi connectivity index (χ2v) is 10.7. The van der Waals surface area contributed by atoms with Crippen LogP contribution >= 0.6 is 0 Å². The Balaban J connectivity index is 0.00000128. The van der Waals surface area contributed by atoms with Crippen LogP contribution in [0.5, 0.6) is 5.75 Å². The van der Waals surface area contributed by atoms with Crippen LogP contribution in [0.15, 0.2) is 70.3 Å². The third kappa shape index (κ3) is 4.93. The van der Waals surface area contributed by atoms with E-state index in [1.165, 1.54) is 18.2 Å². The average molecular weight is 545 g/mol. The average Bonchev–Trinajstić information content (AvgIpc) is 2.84. The van der Waals surface area contributed by atoms with Gasteiger partial charge in [0.05, 0.1) is 11.5 Å². The molecule has 3 atom stereocenters. The predicted octanol–water partition coefficient (Wildman–Crippen LogP) is 2.91. The van der Waals surface area contributed by atoms with Crippen molar-refractivity contribution in [1.29, 1.82) is 5.26 Å². The number of aliphatic hydroxyl groups excluding tert-OH is 2. The molecule has 3 unspecified atom stereocenters. The van der Waals surface area contributed by atoms with E-state index < -0.39 is 56.5 Å². The summed E-state index contributed by atoms with van der Waals surface area (Å²) in [6, 6.07) is 14.0. The van der Waals surface area contributed by atoms with E-state index >= 15 is 0 Å². The van der Waals surface area contributed by atoms with Crippen molar-refractivity contribution in [3.63, 3.8) is 0 Å². The van der Waals surface area contributed by atoms with E-state index in [2.05, 4.69) is 5.32 Å². The molecule has 0 saturated heterocycles. The van der Waals surface area contributed by atoms with Gasteiger partial charge in [-0.3, -0.25) is 9.59 Å². The van der Waals surface area contributed by atoms with Crippen LogP contribution in [0, 0.1) is 29.1 Å². The number of fused-ring (bicyclic) bond motifs is 3. The second kappa shape index (κ2) is 11.2. The number of carbonyl (C=O) groups excluding carboxylic acids is 2. The first kappa shape index (κ1) is 28.6. The molecule has 0 aliphatic heterocycles. The monoisotopic (exact) mass is 544 g/mol. The Morgan fingerprint density at radius 1 is 1.05 bits per heavy atom. The number of aliphatic hydroxyl groups is 2. The van der Waals surface area contributed by atoms with Gasteiger partial charge in [-0.2, -0.15) is 13.7 Å². The molecule has 2 aromatic carbocycles. The zero-order valence-electron chi connectivity index (χ0n) is 20.8. The highest BCUT2D eigenvalue weighted by Crippen LogP contribution is 2.50. The zero-order valence-corrected chi connectivity index (χ0v) is 21.6. The summed E-state index contributed by atoms with van der Waals surface area (Å²) in [5.74, 6) is -4.12. The normalized spacial score (nSPS) is 22.1. The largest absolute Gasteiger partial charge is 0.510 e. The number of nitriles is 1. The molecular weight excluding hydrogens is 512 g/mol. The van der Waals surface area contributed by atoms with Crippen LogP contribution in [0.2, 0.25) is 0 Å². The number of nitrogens with one attached hydrogen (secondary N) is 1. The Hall–Kier alpha value is -3.98. The van der Waals surface area contributed by atoms with E-state index in [0.29, 0.717) is 18.4 Å². The molecule has 0 bridgehead atoms. The molecule has 10 nitrogen and oxygen atoms in total. The summed E-state index contributed by atoms with van der Waals surface area (Å²) < 4.78 is 30.9. The van der Waals surface area contributed by atoms with Crippen LogP contribution in [0.25, 0.3) is 5.76 Å². The highest BCUT2D eigenvalue weighted by atomic mass is 32.2. The fourth-order valence-corrected chi connectivity index (χ4v) is 6.20. The highest BCUT2D eigenvalue weighted by Gasteiger charge is 2.50. The molecule has 0 heterocycles. The quantitative estimate of drug-likeness (QED) is 0.489. The SMILES string of the molecule is CNC.N#CC1=C(O)C2C(=O)C3=C(O)c4c(cccc4OS(=O)(=O)c4ccccc4)CC3CC2CC1=O.O.[HH].[HH]. The van der Waals surface area contributed by atoms with Gasteiger partial charge in [0, 0.05) is 14.8 Å². The number of hydrogen-bond acceptors (Lipinski definition) is 9. The summed E-state index contributed by atoms with van der Waals surface area (Å²) in [4.78, 5) is 25.6. The van der Waals surface area contributed by atoms with E-state index in [4.69, 9.17) is 4.18 Å². The van der Waals surface area contributed by atoms with Gasteiger partial charge in [0.25, 0.3) is 0 Å². The lowest BCUT2D eigenvalue weighted by Gasteiger charge is -2.40. The number of rotatable bonds is 3. The summed E-state index contributed by atoms with van der Waals surface area (Å²) >= 11 is 0. The molecule has 5 N–H and O–H groups in total. The Morgan fingerprint density at radius 3 is 2.34 bits per heavy atom. The number of benzene rings is 2. The molecule has 5 rings (SSSR count). The van der Waals surface area contributed by atoms with E-state index in [9.17, 15) is 33.5 Å². The number of carbonyl (C=O) groups is 2. The maximum Gasteiger partial charge on any atom is 0.339 e. The van der Waals surface area contributed by atoms with E-state index in [1.54, 1.807) is 36.4 Å². The number of allylic oxidation sites excluding steroid dienone is 3. The first-order valence-electron chi connectivity index (χ1n) is 11.7. The van der Waals surface area contributed by atoms with Crippen molar-refractivity contribution in [3.8, 4) is 11.8 Å². The molecule has 1 saturated carbocycles. The summed E-state index contributed by atoms with van der Waals surface area (Å²) in [6.45, 7) is 0. The number of hydrogen-bond donors (Lipinski definition) is 3. The summed E-state index contributed by atoms with van der Waals surface area (Å²) in [5.41, 5.74) is 0.344.